The molecule has 1 aromatic carbocycles. The Morgan fingerprint density at radius 1 is 1.38 bits per heavy atom. The van der Waals surface area contributed by atoms with Crippen molar-refractivity contribution in [3.05, 3.63) is 63.3 Å². The number of benzene rings is 1. The summed E-state index contributed by atoms with van der Waals surface area (Å²) in [5.74, 6) is 1.06. The van der Waals surface area contributed by atoms with Crippen molar-refractivity contribution in [2.75, 3.05) is 0 Å². The predicted octanol–water partition coefficient (Wildman–Crippen LogP) is 3.84. The molecule has 0 unspecified atom stereocenters. The molecule has 0 spiro atoms. The lowest BCUT2D eigenvalue weighted by Gasteiger charge is -2.06. The summed E-state index contributed by atoms with van der Waals surface area (Å²) in [6, 6.07) is 8.79. The van der Waals surface area contributed by atoms with Crippen molar-refractivity contribution >= 4 is 28.8 Å². The molecule has 26 heavy (non-hydrogen) atoms. The number of nitrogens with zero attached hydrogens (tertiary/aromatic N) is 3. The first-order valence-corrected chi connectivity index (χ1v) is 9.57. The Kier molecular flexibility index (Phi) is 4.90. The third-order valence-corrected chi connectivity index (χ3v) is 5.25. The number of nitrogens with one attached hydrogen (secondary N) is 1. The smallest absolute Gasteiger partial charge is 0.272 e. The van der Waals surface area contributed by atoms with Gasteiger partial charge >= 0.3 is 0 Å². The van der Waals surface area contributed by atoms with Gasteiger partial charge in [0, 0.05) is 22.5 Å². The molecule has 1 fully saturated rings. The van der Waals surface area contributed by atoms with Gasteiger partial charge in [-0.1, -0.05) is 17.7 Å². The van der Waals surface area contributed by atoms with E-state index in [1.54, 1.807) is 40.4 Å². The molecule has 2 aromatic heterocycles. The first-order valence-electron chi connectivity index (χ1n) is 8.32. The summed E-state index contributed by atoms with van der Waals surface area (Å²) in [5, 5.41) is 10.9. The van der Waals surface area contributed by atoms with Gasteiger partial charge < -0.3 is 10.1 Å². The molecule has 0 atom stereocenters. The van der Waals surface area contributed by atoms with Crippen molar-refractivity contribution < 1.29 is 9.53 Å². The summed E-state index contributed by atoms with van der Waals surface area (Å²) in [5.41, 5.74) is 1.24. The number of thiazole rings is 1. The number of ether oxygens (including phenoxy) is 1. The Hall–Kier alpha value is -2.38. The van der Waals surface area contributed by atoms with Gasteiger partial charge in [-0.15, -0.1) is 11.3 Å². The second kappa shape index (κ2) is 7.47. The van der Waals surface area contributed by atoms with Gasteiger partial charge in [0.25, 0.3) is 5.91 Å². The maximum Gasteiger partial charge on any atom is 0.272 e. The summed E-state index contributed by atoms with van der Waals surface area (Å²) in [6.45, 7) is 0.610. The average molecular weight is 389 g/mol. The van der Waals surface area contributed by atoms with Gasteiger partial charge in [0.2, 0.25) is 0 Å². The van der Waals surface area contributed by atoms with Crippen LogP contribution in [0.5, 0.6) is 5.75 Å². The van der Waals surface area contributed by atoms with Crippen molar-refractivity contribution in [3.8, 4) is 5.75 Å². The summed E-state index contributed by atoms with van der Waals surface area (Å²) >= 11 is 7.59. The summed E-state index contributed by atoms with van der Waals surface area (Å²) in [4.78, 5) is 16.8. The lowest BCUT2D eigenvalue weighted by atomic mass is 10.3. The lowest BCUT2D eigenvalue weighted by molar-refractivity contribution is 0.0943. The second-order valence-corrected chi connectivity index (χ2v) is 7.43. The lowest BCUT2D eigenvalue weighted by Crippen LogP contribution is -2.23. The SMILES string of the molecule is O=C(NCc1csc(C2CC2)n1)c1ccn(COc2cccc(Cl)c2)n1. The summed E-state index contributed by atoms with van der Waals surface area (Å²) < 4.78 is 7.16. The number of amides is 1. The number of rotatable bonds is 7. The molecule has 134 valence electrons. The van der Waals surface area contributed by atoms with Crippen LogP contribution in [0, 0.1) is 0 Å². The van der Waals surface area contributed by atoms with Crippen molar-refractivity contribution in [2.24, 2.45) is 0 Å². The minimum atomic E-state index is -0.229. The van der Waals surface area contributed by atoms with E-state index in [1.807, 2.05) is 17.5 Å². The first kappa shape index (κ1) is 17.1. The van der Waals surface area contributed by atoms with Crippen LogP contribution in [0.25, 0.3) is 0 Å². The van der Waals surface area contributed by atoms with Gasteiger partial charge in [-0.2, -0.15) is 5.10 Å². The summed E-state index contributed by atoms with van der Waals surface area (Å²) in [7, 11) is 0. The van der Waals surface area contributed by atoms with Crippen molar-refractivity contribution in [1.29, 1.82) is 0 Å². The molecular weight excluding hydrogens is 372 g/mol. The van der Waals surface area contributed by atoms with E-state index in [1.165, 1.54) is 17.8 Å². The molecule has 8 heteroatoms. The third kappa shape index (κ3) is 4.23. The molecule has 1 saturated carbocycles. The average Bonchev–Trinajstić information content (AvgIpc) is 3.19. The standard InChI is InChI=1S/C18H17ClN4O2S/c19-13-2-1-3-15(8-13)25-11-23-7-6-16(22-23)17(24)20-9-14-10-26-18(21-14)12-4-5-12/h1-3,6-8,10,12H,4-5,9,11H2,(H,20,24). The highest BCUT2D eigenvalue weighted by atomic mass is 35.5. The molecule has 2 heterocycles. The fourth-order valence-corrected chi connectivity index (χ4v) is 3.61. The van der Waals surface area contributed by atoms with E-state index in [0.717, 1.165) is 5.69 Å². The number of halogens is 1. The largest absolute Gasteiger partial charge is 0.471 e. The highest BCUT2D eigenvalue weighted by Crippen LogP contribution is 2.41. The molecule has 0 saturated heterocycles. The van der Waals surface area contributed by atoms with Gasteiger partial charge in [-0.3, -0.25) is 4.79 Å². The molecular formula is C18H17ClN4O2S. The zero-order chi connectivity index (χ0) is 17.9. The highest BCUT2D eigenvalue weighted by molar-refractivity contribution is 7.09. The maximum atomic E-state index is 12.2. The number of hydrogen-bond acceptors (Lipinski definition) is 5. The van der Waals surface area contributed by atoms with Crippen LogP contribution in [-0.2, 0) is 13.3 Å². The minimum absolute atomic E-state index is 0.199. The Labute approximate surface area is 159 Å². The van der Waals surface area contributed by atoms with Crippen molar-refractivity contribution in [3.63, 3.8) is 0 Å². The molecule has 1 aliphatic carbocycles. The van der Waals surface area contributed by atoms with E-state index in [9.17, 15) is 4.79 Å². The van der Waals surface area contributed by atoms with Crippen molar-refractivity contribution in [1.82, 2.24) is 20.1 Å². The van der Waals surface area contributed by atoms with Gasteiger partial charge in [-0.05, 0) is 37.1 Å². The molecule has 1 aliphatic rings. The minimum Gasteiger partial charge on any atom is -0.471 e. The number of aromatic nitrogens is 3. The van der Waals surface area contributed by atoms with Crippen LogP contribution in [0.4, 0.5) is 0 Å². The van der Waals surface area contributed by atoms with Crippen LogP contribution in [0.3, 0.4) is 0 Å². The Morgan fingerprint density at radius 2 is 2.27 bits per heavy atom. The van der Waals surface area contributed by atoms with E-state index in [0.29, 0.717) is 28.9 Å². The summed E-state index contributed by atoms with van der Waals surface area (Å²) in [6.07, 6.45) is 4.16. The second-order valence-electron chi connectivity index (χ2n) is 6.11. The monoisotopic (exact) mass is 388 g/mol. The number of carbonyl (C=O) groups excluding carboxylic acids is 1. The molecule has 0 bridgehead atoms. The molecule has 3 aromatic rings. The topological polar surface area (TPSA) is 69.0 Å². The van der Waals surface area contributed by atoms with Crippen LogP contribution in [0.1, 0.15) is 39.9 Å². The van der Waals surface area contributed by atoms with E-state index in [-0.39, 0.29) is 12.6 Å². The van der Waals surface area contributed by atoms with E-state index in [4.69, 9.17) is 16.3 Å². The van der Waals surface area contributed by atoms with Gasteiger partial charge in [0.15, 0.2) is 6.73 Å². The normalized spacial score (nSPS) is 13.6. The van der Waals surface area contributed by atoms with Crippen LogP contribution in [0.2, 0.25) is 5.02 Å². The van der Waals surface area contributed by atoms with E-state index >= 15 is 0 Å². The highest BCUT2D eigenvalue weighted by Gasteiger charge is 2.26. The van der Waals surface area contributed by atoms with Gasteiger partial charge in [0.05, 0.1) is 17.2 Å². The quantitative estimate of drug-likeness (QED) is 0.667. The van der Waals surface area contributed by atoms with Crippen molar-refractivity contribution in [2.45, 2.75) is 32.0 Å². The molecule has 1 amide bonds. The molecule has 4 rings (SSSR count). The third-order valence-electron chi connectivity index (χ3n) is 3.96. The molecule has 1 N–H and O–H groups in total. The van der Waals surface area contributed by atoms with E-state index < -0.39 is 0 Å². The Bertz CT molecular complexity index is 919. The number of carbonyl (C=O) groups is 1. The van der Waals surface area contributed by atoms with Crippen LogP contribution in [0.15, 0.2) is 41.9 Å². The Morgan fingerprint density at radius 3 is 3.08 bits per heavy atom. The molecule has 0 aliphatic heterocycles. The zero-order valence-electron chi connectivity index (χ0n) is 13.9. The molecule has 6 nitrogen and oxygen atoms in total. The first-order chi connectivity index (χ1) is 12.7. The predicted molar refractivity (Wildman–Crippen MR) is 99.6 cm³/mol. The van der Waals surface area contributed by atoms with Gasteiger partial charge in [-0.25, -0.2) is 9.67 Å². The van der Waals surface area contributed by atoms with Crippen LogP contribution >= 0.6 is 22.9 Å². The van der Waals surface area contributed by atoms with Crippen LogP contribution in [-0.4, -0.2) is 20.7 Å². The van der Waals surface area contributed by atoms with E-state index in [2.05, 4.69) is 15.4 Å². The zero-order valence-corrected chi connectivity index (χ0v) is 15.5. The Balaban J connectivity index is 1.29. The molecule has 0 radical (unpaired) electrons. The van der Waals surface area contributed by atoms with Gasteiger partial charge in [0.1, 0.15) is 11.4 Å². The maximum absolute atomic E-state index is 12.2. The van der Waals surface area contributed by atoms with Crippen LogP contribution < -0.4 is 10.1 Å². The fourth-order valence-electron chi connectivity index (χ4n) is 2.44. The number of hydrogen-bond donors (Lipinski definition) is 1. The fraction of sp³-hybridized carbons (Fsp3) is 0.278.